The fourth-order valence-electron chi connectivity index (χ4n) is 2.08. The van der Waals surface area contributed by atoms with Gasteiger partial charge in [-0.25, -0.2) is 0 Å². The van der Waals surface area contributed by atoms with Gasteiger partial charge in [0.15, 0.2) is 0 Å². The molecule has 5 heteroatoms. The van der Waals surface area contributed by atoms with Crippen LogP contribution in [0.4, 0.5) is 0 Å². The molecule has 5 nitrogen and oxygen atoms in total. The Labute approximate surface area is 123 Å². The van der Waals surface area contributed by atoms with Crippen molar-refractivity contribution in [3.05, 3.63) is 60.0 Å². The van der Waals surface area contributed by atoms with Crippen molar-refractivity contribution in [2.75, 3.05) is 0 Å². The first kappa shape index (κ1) is 13.4. The van der Waals surface area contributed by atoms with Gasteiger partial charge in [-0.05, 0) is 18.9 Å². The van der Waals surface area contributed by atoms with Gasteiger partial charge in [-0.2, -0.15) is 4.98 Å². The summed E-state index contributed by atoms with van der Waals surface area (Å²) in [4.78, 5) is 12.8. The number of hydrogen-bond donors (Lipinski definition) is 0. The van der Waals surface area contributed by atoms with Crippen molar-refractivity contribution < 1.29 is 4.52 Å². The second kappa shape index (κ2) is 5.83. The van der Waals surface area contributed by atoms with Crippen LogP contribution < -0.4 is 0 Å². The molecule has 2 aromatic heterocycles. The molecule has 0 aliphatic rings. The van der Waals surface area contributed by atoms with Crippen molar-refractivity contribution in [1.82, 2.24) is 20.1 Å². The van der Waals surface area contributed by atoms with E-state index in [0.717, 1.165) is 17.7 Å². The Morgan fingerprint density at radius 3 is 2.62 bits per heavy atom. The van der Waals surface area contributed by atoms with E-state index in [4.69, 9.17) is 4.52 Å². The molecule has 0 N–H and O–H groups in total. The van der Waals surface area contributed by atoms with Gasteiger partial charge in [0.2, 0.25) is 11.7 Å². The summed E-state index contributed by atoms with van der Waals surface area (Å²) < 4.78 is 5.36. The Bertz CT molecular complexity index is 707. The van der Waals surface area contributed by atoms with Crippen LogP contribution >= 0.6 is 0 Å². The molecule has 0 saturated heterocycles. The Morgan fingerprint density at radius 1 is 1.14 bits per heavy atom. The topological polar surface area (TPSA) is 64.7 Å². The number of benzene rings is 1. The minimum Gasteiger partial charge on any atom is -0.338 e. The standard InChI is InChI=1S/C16H16N4O/c1-3-12-4-6-13(7-5-12)15-19-16(21-20-15)11(2)14-10-17-8-9-18-14/h4-11H,3H2,1-2H3. The van der Waals surface area contributed by atoms with Gasteiger partial charge in [0.05, 0.1) is 11.6 Å². The highest BCUT2D eigenvalue weighted by Gasteiger charge is 2.18. The highest BCUT2D eigenvalue weighted by molar-refractivity contribution is 5.54. The molecule has 1 atom stereocenters. The second-order valence-electron chi connectivity index (χ2n) is 4.86. The molecule has 0 spiro atoms. The van der Waals surface area contributed by atoms with Crippen LogP contribution in [0.15, 0.2) is 47.4 Å². The summed E-state index contributed by atoms with van der Waals surface area (Å²) in [5, 5.41) is 4.05. The van der Waals surface area contributed by atoms with E-state index >= 15 is 0 Å². The number of aromatic nitrogens is 4. The van der Waals surface area contributed by atoms with E-state index in [1.54, 1.807) is 18.6 Å². The minimum absolute atomic E-state index is 0.0742. The lowest BCUT2D eigenvalue weighted by molar-refractivity contribution is 0.369. The molecule has 0 saturated carbocycles. The van der Waals surface area contributed by atoms with Gasteiger partial charge in [-0.3, -0.25) is 9.97 Å². The minimum atomic E-state index is -0.0742. The van der Waals surface area contributed by atoms with Gasteiger partial charge in [0.25, 0.3) is 0 Å². The molecule has 3 aromatic rings. The van der Waals surface area contributed by atoms with Crippen molar-refractivity contribution in [3.63, 3.8) is 0 Å². The van der Waals surface area contributed by atoms with Crippen LogP contribution in [0, 0.1) is 0 Å². The molecule has 0 aliphatic heterocycles. The fourth-order valence-corrected chi connectivity index (χ4v) is 2.08. The van der Waals surface area contributed by atoms with Crippen LogP contribution in [-0.2, 0) is 6.42 Å². The maximum atomic E-state index is 5.36. The molecule has 0 amide bonds. The summed E-state index contributed by atoms with van der Waals surface area (Å²) >= 11 is 0. The van der Waals surface area contributed by atoms with Crippen molar-refractivity contribution >= 4 is 0 Å². The molecule has 0 aliphatic carbocycles. The van der Waals surface area contributed by atoms with Crippen molar-refractivity contribution in [2.24, 2.45) is 0 Å². The molecule has 1 unspecified atom stereocenters. The smallest absolute Gasteiger partial charge is 0.235 e. The summed E-state index contributed by atoms with van der Waals surface area (Å²) in [6, 6.07) is 8.19. The summed E-state index contributed by atoms with van der Waals surface area (Å²) in [5.74, 6) is 1.07. The Morgan fingerprint density at radius 2 is 1.95 bits per heavy atom. The van der Waals surface area contributed by atoms with E-state index in [9.17, 15) is 0 Å². The Balaban J connectivity index is 1.85. The van der Waals surface area contributed by atoms with Gasteiger partial charge in [0, 0.05) is 24.2 Å². The summed E-state index contributed by atoms with van der Waals surface area (Å²) in [6.45, 7) is 4.10. The van der Waals surface area contributed by atoms with Crippen LogP contribution in [0.2, 0.25) is 0 Å². The summed E-state index contributed by atoms with van der Waals surface area (Å²) in [6.07, 6.45) is 6.03. The van der Waals surface area contributed by atoms with Crippen molar-refractivity contribution in [3.8, 4) is 11.4 Å². The Hall–Kier alpha value is -2.56. The van der Waals surface area contributed by atoms with Gasteiger partial charge in [0.1, 0.15) is 0 Å². The maximum Gasteiger partial charge on any atom is 0.235 e. The first-order valence-electron chi connectivity index (χ1n) is 6.96. The molecule has 106 valence electrons. The highest BCUT2D eigenvalue weighted by Crippen LogP contribution is 2.23. The van der Waals surface area contributed by atoms with E-state index in [1.165, 1.54) is 5.56 Å². The molecular weight excluding hydrogens is 264 g/mol. The molecular formula is C16H16N4O. The number of aryl methyl sites for hydroxylation is 1. The SMILES string of the molecule is CCc1ccc(-c2noc(C(C)c3cnccn3)n2)cc1. The number of rotatable bonds is 4. The first-order valence-corrected chi connectivity index (χ1v) is 6.96. The van der Waals surface area contributed by atoms with Crippen LogP contribution in [0.25, 0.3) is 11.4 Å². The Kier molecular flexibility index (Phi) is 3.73. The molecule has 3 rings (SSSR count). The van der Waals surface area contributed by atoms with Gasteiger partial charge in [-0.1, -0.05) is 36.3 Å². The average Bonchev–Trinajstić information content (AvgIpc) is 3.05. The van der Waals surface area contributed by atoms with Crippen LogP contribution in [0.5, 0.6) is 0 Å². The number of hydrogen-bond acceptors (Lipinski definition) is 5. The lowest BCUT2D eigenvalue weighted by Crippen LogP contribution is -1.99. The average molecular weight is 280 g/mol. The third kappa shape index (κ3) is 2.81. The molecule has 0 bridgehead atoms. The van der Waals surface area contributed by atoms with Gasteiger partial charge < -0.3 is 4.52 Å². The van der Waals surface area contributed by atoms with Gasteiger partial charge in [-0.15, -0.1) is 0 Å². The van der Waals surface area contributed by atoms with E-state index in [0.29, 0.717) is 11.7 Å². The zero-order chi connectivity index (χ0) is 14.7. The summed E-state index contributed by atoms with van der Waals surface area (Å²) in [7, 11) is 0. The van der Waals surface area contributed by atoms with Crippen molar-refractivity contribution in [2.45, 2.75) is 26.2 Å². The normalized spacial score (nSPS) is 12.3. The van der Waals surface area contributed by atoms with Crippen molar-refractivity contribution in [1.29, 1.82) is 0 Å². The zero-order valence-corrected chi connectivity index (χ0v) is 12.0. The first-order chi connectivity index (χ1) is 10.3. The third-order valence-corrected chi connectivity index (χ3v) is 3.46. The summed E-state index contributed by atoms with van der Waals surface area (Å²) in [5.41, 5.74) is 3.05. The predicted octanol–water partition coefficient (Wildman–Crippen LogP) is 3.24. The third-order valence-electron chi connectivity index (χ3n) is 3.46. The zero-order valence-electron chi connectivity index (χ0n) is 12.0. The molecule has 0 fully saturated rings. The fraction of sp³-hybridized carbons (Fsp3) is 0.250. The van der Waals surface area contributed by atoms with Crippen LogP contribution in [-0.4, -0.2) is 20.1 Å². The molecule has 21 heavy (non-hydrogen) atoms. The monoisotopic (exact) mass is 280 g/mol. The maximum absolute atomic E-state index is 5.36. The lowest BCUT2D eigenvalue weighted by Gasteiger charge is -2.03. The van der Waals surface area contributed by atoms with E-state index < -0.39 is 0 Å². The van der Waals surface area contributed by atoms with E-state index in [2.05, 4.69) is 39.2 Å². The quantitative estimate of drug-likeness (QED) is 0.734. The largest absolute Gasteiger partial charge is 0.338 e. The molecule has 1 aromatic carbocycles. The van der Waals surface area contributed by atoms with Crippen LogP contribution in [0.3, 0.4) is 0 Å². The van der Waals surface area contributed by atoms with E-state index in [1.807, 2.05) is 19.1 Å². The second-order valence-corrected chi connectivity index (χ2v) is 4.86. The van der Waals surface area contributed by atoms with Gasteiger partial charge >= 0.3 is 0 Å². The van der Waals surface area contributed by atoms with Crippen LogP contribution in [0.1, 0.15) is 36.9 Å². The lowest BCUT2D eigenvalue weighted by atomic mass is 10.1. The number of nitrogens with zero attached hydrogens (tertiary/aromatic N) is 4. The predicted molar refractivity (Wildman–Crippen MR) is 78.7 cm³/mol. The molecule has 2 heterocycles. The molecule has 0 radical (unpaired) electrons. The highest BCUT2D eigenvalue weighted by atomic mass is 16.5. The van der Waals surface area contributed by atoms with E-state index in [-0.39, 0.29) is 5.92 Å².